The molecule has 0 saturated carbocycles. The summed E-state index contributed by atoms with van der Waals surface area (Å²) < 4.78 is 26.2. The zero-order chi connectivity index (χ0) is 25.5. The predicted octanol–water partition coefficient (Wildman–Crippen LogP) is 4.78. The first-order chi connectivity index (χ1) is 18.2. The molecule has 0 amide bonds. The van der Waals surface area contributed by atoms with Gasteiger partial charge in [-0.15, -0.1) is 10.2 Å². The van der Waals surface area contributed by atoms with E-state index >= 15 is 0 Å². The van der Waals surface area contributed by atoms with E-state index in [1.807, 2.05) is 54.6 Å². The highest BCUT2D eigenvalue weighted by molar-refractivity contribution is 5.58. The summed E-state index contributed by atoms with van der Waals surface area (Å²) >= 11 is 0. The van der Waals surface area contributed by atoms with Crippen LogP contribution in [0.5, 0.6) is 5.75 Å². The maximum Gasteiger partial charge on any atom is 0.247 e. The van der Waals surface area contributed by atoms with Gasteiger partial charge >= 0.3 is 0 Å². The van der Waals surface area contributed by atoms with Crippen LogP contribution in [0.2, 0.25) is 0 Å². The summed E-state index contributed by atoms with van der Waals surface area (Å²) in [4.78, 5) is 4.84. The molecule has 0 radical (unpaired) electrons. The summed E-state index contributed by atoms with van der Waals surface area (Å²) in [5, 5.41) is 11.9. The van der Waals surface area contributed by atoms with Crippen LogP contribution in [0.25, 0.3) is 11.5 Å². The van der Waals surface area contributed by atoms with Crippen LogP contribution in [0.3, 0.4) is 0 Å². The fourth-order valence-corrected chi connectivity index (χ4v) is 4.74. The van der Waals surface area contributed by atoms with Crippen LogP contribution in [0.1, 0.15) is 23.9 Å². The van der Waals surface area contributed by atoms with Crippen molar-refractivity contribution in [3.05, 3.63) is 96.1 Å². The number of benzene rings is 3. The second-order valence-electron chi connectivity index (χ2n) is 9.07. The normalized spacial score (nSPS) is 15.0. The number of ether oxygens (including phenoxy) is 1. The highest BCUT2D eigenvalue weighted by Crippen LogP contribution is 2.29. The van der Waals surface area contributed by atoms with Crippen LogP contribution in [-0.4, -0.2) is 61.5 Å². The molecule has 4 aromatic rings. The molecule has 0 aliphatic carbocycles. The first-order valence-electron chi connectivity index (χ1n) is 12.7. The number of para-hydroxylation sites is 2. The number of hydrogen-bond acceptors (Lipinski definition) is 7. The van der Waals surface area contributed by atoms with Crippen molar-refractivity contribution in [2.24, 2.45) is 0 Å². The molecule has 1 atom stereocenters. The van der Waals surface area contributed by atoms with Gasteiger partial charge < -0.3 is 19.4 Å². The minimum Gasteiger partial charge on any atom is -0.495 e. The summed E-state index contributed by atoms with van der Waals surface area (Å²) in [6.45, 7) is 5.52. The highest BCUT2D eigenvalue weighted by atomic mass is 19.1. The van der Waals surface area contributed by atoms with Gasteiger partial charge in [-0.1, -0.05) is 48.5 Å². The molecule has 1 N–H and O–H groups in total. The molecule has 3 aromatic carbocycles. The topological polar surface area (TPSA) is 66.7 Å². The summed E-state index contributed by atoms with van der Waals surface area (Å²) in [5.41, 5.74) is 2.48. The van der Waals surface area contributed by atoms with E-state index in [1.54, 1.807) is 19.2 Å². The smallest absolute Gasteiger partial charge is 0.247 e. The fraction of sp³-hybridized carbons (Fsp3) is 0.310. The first kappa shape index (κ1) is 24.9. The molecule has 0 bridgehead atoms. The second kappa shape index (κ2) is 12.0. The van der Waals surface area contributed by atoms with Crippen LogP contribution >= 0.6 is 0 Å². The number of anilines is 1. The van der Waals surface area contributed by atoms with Gasteiger partial charge in [0.2, 0.25) is 11.8 Å². The van der Waals surface area contributed by atoms with Crippen molar-refractivity contribution in [2.45, 2.75) is 12.5 Å². The van der Waals surface area contributed by atoms with E-state index in [9.17, 15) is 4.39 Å². The number of piperazine rings is 1. The minimum atomic E-state index is -0.520. The summed E-state index contributed by atoms with van der Waals surface area (Å²) in [6, 6.07) is 24.0. The maximum absolute atomic E-state index is 14.7. The Hall–Kier alpha value is -3.75. The fourth-order valence-electron chi connectivity index (χ4n) is 4.74. The Kier molecular flexibility index (Phi) is 8.08. The van der Waals surface area contributed by atoms with Crippen molar-refractivity contribution in [3.63, 3.8) is 0 Å². The molecule has 2 heterocycles. The summed E-state index contributed by atoms with van der Waals surface area (Å²) in [6.07, 6.45) is 0.916. The van der Waals surface area contributed by atoms with E-state index in [4.69, 9.17) is 9.15 Å². The van der Waals surface area contributed by atoms with Gasteiger partial charge in [-0.25, -0.2) is 4.39 Å². The lowest BCUT2D eigenvalue weighted by atomic mass is 10.1. The Balaban J connectivity index is 1.18. The van der Waals surface area contributed by atoms with Crippen molar-refractivity contribution in [2.75, 3.05) is 51.3 Å². The highest BCUT2D eigenvalue weighted by Gasteiger charge is 2.24. The van der Waals surface area contributed by atoms with Gasteiger partial charge in [0.1, 0.15) is 17.6 Å². The van der Waals surface area contributed by atoms with E-state index in [0.717, 1.165) is 56.1 Å². The second-order valence-corrected chi connectivity index (χ2v) is 9.07. The minimum absolute atomic E-state index is 0.299. The van der Waals surface area contributed by atoms with E-state index in [1.165, 1.54) is 6.07 Å². The van der Waals surface area contributed by atoms with Gasteiger partial charge in [0.25, 0.3) is 0 Å². The van der Waals surface area contributed by atoms with Crippen LogP contribution in [0.4, 0.5) is 10.1 Å². The number of hydrogen-bond donors (Lipinski definition) is 1. The summed E-state index contributed by atoms with van der Waals surface area (Å²) in [5.74, 6) is 1.39. The number of halogens is 1. The van der Waals surface area contributed by atoms with E-state index in [-0.39, 0.29) is 5.82 Å². The van der Waals surface area contributed by atoms with Gasteiger partial charge in [0, 0.05) is 37.3 Å². The standard InChI is InChI=1S/C29H32FN5O2/c1-36-26-15-8-7-14-25(26)35-20-18-34(19-21-35)17-9-16-31-27(23-12-5-6-13-24(23)30)29-33-32-28(37-29)22-10-3-2-4-11-22/h2-8,10-15,27,31H,9,16-21H2,1H3/t27-/m0/s1. The Morgan fingerprint density at radius 2 is 1.65 bits per heavy atom. The molecule has 5 rings (SSSR count). The van der Waals surface area contributed by atoms with Gasteiger partial charge in [0.05, 0.1) is 12.8 Å². The molecule has 192 valence electrons. The van der Waals surface area contributed by atoms with Gasteiger partial charge in [-0.3, -0.25) is 4.90 Å². The molecule has 0 unspecified atom stereocenters. The molecule has 8 heteroatoms. The first-order valence-corrected chi connectivity index (χ1v) is 12.7. The summed E-state index contributed by atoms with van der Waals surface area (Å²) in [7, 11) is 1.72. The SMILES string of the molecule is COc1ccccc1N1CCN(CCCN[C@H](c2nnc(-c3ccccc3)o2)c2ccccc2F)CC1. The maximum atomic E-state index is 14.7. The van der Waals surface area contributed by atoms with Crippen LogP contribution in [-0.2, 0) is 0 Å². The van der Waals surface area contributed by atoms with Crippen LogP contribution in [0.15, 0.2) is 83.3 Å². The van der Waals surface area contributed by atoms with Gasteiger partial charge in [0.15, 0.2) is 0 Å². The number of rotatable bonds is 10. The third-order valence-corrected chi connectivity index (χ3v) is 6.72. The number of aromatic nitrogens is 2. The molecule has 0 spiro atoms. The Labute approximate surface area is 216 Å². The molecule has 1 aliphatic heterocycles. The molecule has 1 aromatic heterocycles. The number of methoxy groups -OCH3 is 1. The lowest BCUT2D eigenvalue weighted by molar-refractivity contribution is 0.251. The Morgan fingerprint density at radius 1 is 0.919 bits per heavy atom. The van der Waals surface area contributed by atoms with Crippen molar-refractivity contribution in [1.29, 1.82) is 0 Å². The van der Waals surface area contributed by atoms with Gasteiger partial charge in [-0.05, 0) is 49.8 Å². The predicted molar refractivity (Wildman–Crippen MR) is 142 cm³/mol. The number of nitrogens with zero attached hydrogens (tertiary/aromatic N) is 4. The van der Waals surface area contributed by atoms with Crippen molar-refractivity contribution < 1.29 is 13.5 Å². The monoisotopic (exact) mass is 501 g/mol. The molecule has 1 fully saturated rings. The van der Waals surface area contributed by atoms with E-state index < -0.39 is 6.04 Å². The molecular weight excluding hydrogens is 469 g/mol. The van der Waals surface area contributed by atoms with Crippen LogP contribution in [0, 0.1) is 5.82 Å². The molecule has 7 nitrogen and oxygen atoms in total. The Morgan fingerprint density at radius 3 is 2.43 bits per heavy atom. The van der Waals surface area contributed by atoms with E-state index in [0.29, 0.717) is 23.9 Å². The van der Waals surface area contributed by atoms with Crippen molar-refractivity contribution in [3.8, 4) is 17.2 Å². The van der Waals surface area contributed by atoms with Crippen LogP contribution < -0.4 is 15.0 Å². The average molecular weight is 502 g/mol. The molecule has 37 heavy (non-hydrogen) atoms. The molecule has 1 aliphatic rings. The quantitative estimate of drug-likeness (QED) is 0.314. The lowest BCUT2D eigenvalue weighted by Gasteiger charge is -2.36. The zero-order valence-electron chi connectivity index (χ0n) is 21.0. The lowest BCUT2D eigenvalue weighted by Crippen LogP contribution is -2.47. The Bertz CT molecular complexity index is 1270. The third kappa shape index (κ3) is 5.98. The van der Waals surface area contributed by atoms with E-state index in [2.05, 4.69) is 31.4 Å². The number of nitrogens with one attached hydrogen (secondary N) is 1. The third-order valence-electron chi connectivity index (χ3n) is 6.72. The zero-order valence-corrected chi connectivity index (χ0v) is 21.0. The largest absolute Gasteiger partial charge is 0.495 e. The van der Waals surface area contributed by atoms with Crippen molar-refractivity contribution in [1.82, 2.24) is 20.4 Å². The van der Waals surface area contributed by atoms with Gasteiger partial charge in [-0.2, -0.15) is 0 Å². The van der Waals surface area contributed by atoms with Crippen molar-refractivity contribution >= 4 is 5.69 Å². The average Bonchev–Trinajstić information content (AvgIpc) is 3.45. The molecular formula is C29H32FN5O2. The molecule has 1 saturated heterocycles.